The largest absolute Gasteiger partial charge is 0.425 e. The highest BCUT2D eigenvalue weighted by molar-refractivity contribution is 5.95. The third-order valence-electron chi connectivity index (χ3n) is 3.51. The van der Waals surface area contributed by atoms with Crippen LogP contribution in [0.25, 0.3) is 0 Å². The second-order valence-corrected chi connectivity index (χ2v) is 5.73. The van der Waals surface area contributed by atoms with Crippen LogP contribution in [0.3, 0.4) is 0 Å². The van der Waals surface area contributed by atoms with E-state index in [1.807, 2.05) is 18.2 Å². The van der Waals surface area contributed by atoms with Crippen LogP contribution in [-0.4, -0.2) is 30.4 Å². The van der Waals surface area contributed by atoms with Gasteiger partial charge in [-0.25, -0.2) is 4.79 Å². The van der Waals surface area contributed by atoms with Crippen molar-refractivity contribution in [2.75, 3.05) is 13.6 Å². The number of amides is 1. The van der Waals surface area contributed by atoms with Crippen molar-refractivity contribution in [3.8, 4) is 5.75 Å². The third kappa shape index (κ3) is 4.68. The maximum atomic E-state index is 12.2. The van der Waals surface area contributed by atoms with Crippen molar-refractivity contribution in [3.05, 3.63) is 65.7 Å². The maximum absolute atomic E-state index is 12.2. The van der Waals surface area contributed by atoms with Crippen LogP contribution in [0.4, 0.5) is 0 Å². The fourth-order valence-electron chi connectivity index (χ4n) is 2.15. The highest BCUT2D eigenvalue weighted by Crippen LogP contribution is 2.18. The smallest absolute Gasteiger partial charge is 0.331 e. The van der Waals surface area contributed by atoms with Crippen molar-refractivity contribution >= 4 is 11.9 Å². The van der Waals surface area contributed by atoms with Crippen molar-refractivity contribution in [2.45, 2.75) is 19.8 Å². The van der Waals surface area contributed by atoms with Gasteiger partial charge in [0.1, 0.15) is 12.3 Å². The zero-order valence-electron chi connectivity index (χ0n) is 13.7. The van der Waals surface area contributed by atoms with Gasteiger partial charge in [0.25, 0.3) is 5.91 Å². The number of nitrogens with zero attached hydrogens (tertiary/aromatic N) is 1. The molecule has 2 rings (SSSR count). The third-order valence-corrected chi connectivity index (χ3v) is 3.51. The lowest BCUT2D eigenvalue weighted by molar-refractivity contribution is -0.134. The fourth-order valence-corrected chi connectivity index (χ4v) is 2.15. The molecule has 0 radical (unpaired) electrons. The number of likely N-dealkylation sites (N-methyl/N-ethyl adjacent to an activating group) is 1. The van der Waals surface area contributed by atoms with Gasteiger partial charge in [-0.3, -0.25) is 4.79 Å². The molecule has 0 N–H and O–H groups in total. The second kappa shape index (κ2) is 7.58. The molecule has 0 saturated carbocycles. The summed E-state index contributed by atoms with van der Waals surface area (Å²) in [5.41, 5.74) is 1.73. The minimum atomic E-state index is -0.464. The van der Waals surface area contributed by atoms with E-state index < -0.39 is 5.97 Å². The SMILES string of the molecule is CC(C)c1ccc(OC(=O)CN(C)C(=O)c2ccccc2)cc1. The molecule has 0 aliphatic carbocycles. The molecule has 0 aromatic heterocycles. The van der Waals surface area contributed by atoms with Crippen LogP contribution in [0.15, 0.2) is 54.6 Å². The Balaban J connectivity index is 1.92. The summed E-state index contributed by atoms with van der Waals surface area (Å²) < 4.78 is 5.27. The van der Waals surface area contributed by atoms with Gasteiger partial charge in [-0.05, 0) is 35.7 Å². The molecular formula is C19H21NO3. The highest BCUT2D eigenvalue weighted by atomic mass is 16.5. The van der Waals surface area contributed by atoms with Gasteiger partial charge in [-0.15, -0.1) is 0 Å². The summed E-state index contributed by atoms with van der Waals surface area (Å²) in [5.74, 6) is 0.237. The van der Waals surface area contributed by atoms with E-state index in [0.29, 0.717) is 17.2 Å². The average Bonchev–Trinajstić information content (AvgIpc) is 2.55. The molecule has 4 nitrogen and oxygen atoms in total. The van der Waals surface area contributed by atoms with Crippen LogP contribution in [0.2, 0.25) is 0 Å². The van der Waals surface area contributed by atoms with E-state index in [9.17, 15) is 9.59 Å². The molecule has 0 aliphatic rings. The highest BCUT2D eigenvalue weighted by Gasteiger charge is 2.16. The van der Waals surface area contributed by atoms with Crippen molar-refractivity contribution in [1.29, 1.82) is 0 Å². The van der Waals surface area contributed by atoms with E-state index in [-0.39, 0.29) is 12.5 Å². The van der Waals surface area contributed by atoms with Gasteiger partial charge in [0, 0.05) is 12.6 Å². The molecule has 0 aliphatic heterocycles. The van der Waals surface area contributed by atoms with Crippen LogP contribution >= 0.6 is 0 Å². The van der Waals surface area contributed by atoms with Gasteiger partial charge < -0.3 is 9.64 Å². The topological polar surface area (TPSA) is 46.6 Å². The number of benzene rings is 2. The minimum Gasteiger partial charge on any atom is -0.425 e. The minimum absolute atomic E-state index is 0.0976. The molecule has 2 aromatic rings. The molecule has 0 spiro atoms. The summed E-state index contributed by atoms with van der Waals surface area (Å²) in [5, 5.41) is 0. The molecule has 1 amide bonds. The van der Waals surface area contributed by atoms with Gasteiger partial charge in [-0.2, -0.15) is 0 Å². The maximum Gasteiger partial charge on any atom is 0.331 e. The first-order valence-corrected chi connectivity index (χ1v) is 7.58. The van der Waals surface area contributed by atoms with Gasteiger partial charge in [0.15, 0.2) is 0 Å². The van der Waals surface area contributed by atoms with Gasteiger partial charge in [0.2, 0.25) is 0 Å². The Labute approximate surface area is 136 Å². The summed E-state index contributed by atoms with van der Waals surface area (Å²) in [6, 6.07) is 16.3. The summed E-state index contributed by atoms with van der Waals surface area (Å²) in [4.78, 5) is 25.5. The van der Waals surface area contributed by atoms with Crippen molar-refractivity contribution in [1.82, 2.24) is 4.90 Å². The van der Waals surface area contributed by atoms with E-state index in [1.54, 1.807) is 43.4 Å². The van der Waals surface area contributed by atoms with Crippen LogP contribution in [0.1, 0.15) is 35.7 Å². The summed E-state index contributed by atoms with van der Waals surface area (Å²) in [7, 11) is 1.58. The summed E-state index contributed by atoms with van der Waals surface area (Å²) >= 11 is 0. The predicted molar refractivity (Wildman–Crippen MR) is 89.6 cm³/mol. The number of hydrogen-bond acceptors (Lipinski definition) is 3. The molecule has 2 aromatic carbocycles. The zero-order valence-corrected chi connectivity index (χ0v) is 13.7. The quantitative estimate of drug-likeness (QED) is 0.627. The molecule has 0 fully saturated rings. The Kier molecular flexibility index (Phi) is 5.52. The number of carbonyl (C=O) groups excluding carboxylic acids is 2. The standard InChI is InChI=1S/C19H21NO3/c1-14(2)15-9-11-17(12-10-15)23-18(21)13-20(3)19(22)16-7-5-4-6-8-16/h4-12,14H,13H2,1-3H3. The lowest BCUT2D eigenvalue weighted by Crippen LogP contribution is -2.34. The Morgan fingerprint density at radius 1 is 1.00 bits per heavy atom. The van der Waals surface area contributed by atoms with Crippen LogP contribution in [0, 0.1) is 0 Å². The Morgan fingerprint density at radius 2 is 1.61 bits per heavy atom. The lowest BCUT2D eigenvalue weighted by Gasteiger charge is -2.16. The molecule has 0 heterocycles. The number of rotatable bonds is 5. The molecule has 0 saturated heterocycles. The van der Waals surface area contributed by atoms with Gasteiger partial charge in [-0.1, -0.05) is 44.2 Å². The Bertz CT molecular complexity index is 663. The molecule has 23 heavy (non-hydrogen) atoms. The van der Waals surface area contributed by atoms with E-state index in [1.165, 1.54) is 10.5 Å². The molecular weight excluding hydrogens is 290 g/mol. The molecule has 4 heteroatoms. The molecule has 0 atom stereocenters. The number of carbonyl (C=O) groups is 2. The number of esters is 1. The monoisotopic (exact) mass is 311 g/mol. The van der Waals surface area contributed by atoms with Gasteiger partial charge in [0.05, 0.1) is 0 Å². The normalized spacial score (nSPS) is 10.4. The zero-order chi connectivity index (χ0) is 16.8. The Morgan fingerprint density at radius 3 is 2.17 bits per heavy atom. The van der Waals surface area contributed by atoms with Crippen molar-refractivity contribution in [2.24, 2.45) is 0 Å². The van der Waals surface area contributed by atoms with Crippen molar-refractivity contribution in [3.63, 3.8) is 0 Å². The van der Waals surface area contributed by atoms with E-state index in [4.69, 9.17) is 4.74 Å². The molecule has 0 bridgehead atoms. The summed E-state index contributed by atoms with van der Waals surface area (Å²) in [6.07, 6.45) is 0. The van der Waals surface area contributed by atoms with Crippen LogP contribution in [0.5, 0.6) is 5.75 Å². The molecule has 120 valence electrons. The second-order valence-electron chi connectivity index (χ2n) is 5.73. The first kappa shape index (κ1) is 16.7. The predicted octanol–water partition coefficient (Wildman–Crippen LogP) is 3.49. The van der Waals surface area contributed by atoms with Crippen LogP contribution in [-0.2, 0) is 4.79 Å². The van der Waals surface area contributed by atoms with E-state index >= 15 is 0 Å². The van der Waals surface area contributed by atoms with E-state index in [0.717, 1.165) is 0 Å². The number of ether oxygens (including phenoxy) is 1. The van der Waals surface area contributed by atoms with E-state index in [2.05, 4.69) is 13.8 Å². The van der Waals surface area contributed by atoms with Crippen molar-refractivity contribution < 1.29 is 14.3 Å². The number of hydrogen-bond donors (Lipinski definition) is 0. The first-order valence-electron chi connectivity index (χ1n) is 7.58. The fraction of sp³-hybridized carbons (Fsp3) is 0.263. The average molecular weight is 311 g/mol. The van der Waals surface area contributed by atoms with Gasteiger partial charge >= 0.3 is 5.97 Å². The lowest BCUT2D eigenvalue weighted by atomic mass is 10.0. The summed E-state index contributed by atoms with van der Waals surface area (Å²) in [6.45, 7) is 4.11. The first-order chi connectivity index (χ1) is 11.0. The molecule has 0 unspecified atom stereocenters. The van der Waals surface area contributed by atoms with Crippen LogP contribution < -0.4 is 4.74 Å². The Hall–Kier alpha value is -2.62.